The second kappa shape index (κ2) is 50.9. The Kier molecular flexibility index (Phi) is 53.1. The first-order valence-electron chi connectivity index (χ1n) is 26.5. The zero-order valence-corrected chi connectivity index (χ0v) is 60.1. The quantitative estimate of drug-likeness (QED) is 0.0317. The van der Waals surface area contributed by atoms with E-state index in [4.69, 9.17) is 130 Å². The van der Waals surface area contributed by atoms with Crippen LogP contribution in [0, 0.1) is 13.8 Å². The van der Waals surface area contributed by atoms with Crippen LogP contribution in [0.5, 0.6) is 28.7 Å². The summed E-state index contributed by atoms with van der Waals surface area (Å²) in [5.74, 6) is -3.23. The number of carboxylic acids is 3. The number of aryl methyl sites for hydroxylation is 2. The normalized spacial score (nSPS) is 12.0. The number of phenols is 1. The second-order valence-electron chi connectivity index (χ2n) is 18.8. The van der Waals surface area contributed by atoms with Gasteiger partial charge in [0.15, 0.2) is 0 Å². The highest BCUT2D eigenvalue weighted by molar-refractivity contribution is 8.31. The van der Waals surface area contributed by atoms with Crippen LogP contribution in [0.1, 0.15) is 186 Å². The van der Waals surface area contributed by atoms with Gasteiger partial charge in [0.25, 0.3) is 33.4 Å². The Balaban J connectivity index is -0.000000292. The maximum absolute atomic E-state index is 13.4. The average molecular weight is 1690 g/mol. The first kappa shape index (κ1) is 108. The molecule has 0 unspecified atom stereocenters. The van der Waals surface area contributed by atoms with Gasteiger partial charge in [-0.1, -0.05) is 167 Å². The molecule has 0 spiro atoms. The summed E-state index contributed by atoms with van der Waals surface area (Å²) in [7, 11) is 10.1. The molecule has 5 aromatic rings. The topological polar surface area (TPSA) is 396 Å². The Labute approximate surface area is 659 Å². The molecule has 3 fully saturated rings. The van der Waals surface area contributed by atoms with E-state index in [0.29, 0.717) is 77.9 Å². The number of nitrogens with zero attached hydrogens (tertiary/aromatic N) is 3. The number of aliphatic hydroxyl groups is 4. The highest BCUT2D eigenvalue weighted by Gasteiger charge is 2.36. The summed E-state index contributed by atoms with van der Waals surface area (Å²) in [6.07, 6.45) is 0. The van der Waals surface area contributed by atoms with E-state index in [9.17, 15) is 48.3 Å². The van der Waals surface area contributed by atoms with Crippen molar-refractivity contribution in [3.8, 4) is 28.7 Å². The molecular formula is C66H88Cl5N3O23S7. The summed E-state index contributed by atoms with van der Waals surface area (Å²) in [5, 5.41) is 68.9. The van der Waals surface area contributed by atoms with E-state index in [1.165, 1.54) is 83.4 Å². The number of rotatable bonds is 17. The monoisotopic (exact) mass is 1690 g/mol. The van der Waals surface area contributed by atoms with E-state index in [2.05, 4.69) is 26.1 Å². The van der Waals surface area contributed by atoms with Gasteiger partial charge in [-0.3, -0.25) is 43.5 Å². The van der Waals surface area contributed by atoms with Crippen LogP contribution in [0.25, 0.3) is 0 Å². The second-order valence-corrected chi connectivity index (χ2v) is 28.7. The molecule has 3 saturated heterocycles. The summed E-state index contributed by atoms with van der Waals surface area (Å²) in [4.78, 5) is 110. The Morgan fingerprint density at radius 2 is 0.673 bits per heavy atom. The Hall–Kier alpha value is -6.51. The number of benzene rings is 5. The minimum Gasteiger partial charge on any atom is -0.507 e. The number of carboxylic acid groups (broad SMARTS) is 3. The van der Waals surface area contributed by atoms with Gasteiger partial charge in [-0.2, -0.15) is 8.42 Å². The predicted octanol–water partition coefficient (Wildman–Crippen LogP) is 14.2. The number of aliphatic hydroxyl groups excluding tert-OH is 4. The molecule has 0 aromatic heterocycles. The zero-order chi connectivity index (χ0) is 72.8. The first-order valence-corrected chi connectivity index (χ1v) is 34.9. The van der Waals surface area contributed by atoms with Gasteiger partial charge in [-0.25, -0.2) is 14.4 Å². The molecule has 8 N–H and O–H groups in total. The molecule has 3 aliphatic rings. The summed E-state index contributed by atoms with van der Waals surface area (Å²) in [6, 6.07) is 14.0. The van der Waals surface area contributed by atoms with Crippen LogP contribution in [0.2, 0.25) is 0 Å². The predicted molar refractivity (Wildman–Crippen MR) is 427 cm³/mol. The fraction of sp³-hybridized carbons (Fsp3) is 0.364. The molecule has 0 bridgehead atoms. The van der Waals surface area contributed by atoms with Gasteiger partial charge in [-0.15, -0.1) is 0 Å². The van der Waals surface area contributed by atoms with E-state index < -0.39 is 70.4 Å². The highest BCUT2D eigenvalue weighted by Crippen LogP contribution is 2.35. The van der Waals surface area contributed by atoms with Gasteiger partial charge in [-0.05, 0) is 85.0 Å². The Bertz CT molecular complexity index is 3720. The number of thiocarbonyl (C=S) groups is 3. The number of amides is 3. The number of carbonyl (C=O) groups excluding carboxylic acids is 6. The van der Waals surface area contributed by atoms with Crippen molar-refractivity contribution in [1.29, 1.82) is 0 Å². The van der Waals surface area contributed by atoms with Crippen LogP contribution in [0.3, 0.4) is 0 Å². The number of ether oxygens (including phenoxy) is 4. The minimum atomic E-state index is -3.72. The molecule has 38 heteroatoms. The SMILES string of the molecule is C.C.C.C.C.C.C.C.COc1c(C(=O)Cl)cc(C(=O)Cl)cc1C(=O)Cl.COc1c(C(=O)N2CCSC2=S)cc(C(=O)N2CCSC2=S)cc1C(=O)N1CCSC1=S.COc1c(C(=O)O)cc(C(=O)O)cc1C(=O)O.COc1c(CO)cc(C)cc1CO.Cc1cc(CO)c(O)c(CO)c1.O=S(=O)(Cl)Cl. The first-order chi connectivity index (χ1) is 45.0. The number of hydrogen-bond donors (Lipinski definition) is 8. The lowest BCUT2D eigenvalue weighted by Gasteiger charge is -2.22. The molecule has 3 heterocycles. The summed E-state index contributed by atoms with van der Waals surface area (Å²) >= 11 is 36.0. The van der Waals surface area contributed by atoms with Crippen molar-refractivity contribution in [2.45, 2.75) is 99.7 Å². The maximum Gasteiger partial charge on any atom is 0.339 e. The molecule has 3 amide bonds. The standard InChI is InChI=1S/C19H17N3O4S6.C10H5Cl3O4.C10H8O7.C10H14O3.C9H12O3.8CH4.Cl2O2S/c1-26-13-11(15(24)21-3-6-31-18(21)28)8-10(14(23)20-2-5-30-17(20)27)9-12(13)16(25)22-4-7-32-19(22)29;1-17-7-5(9(12)15)2-4(8(11)14)3-6(7)10(13)16;1-17-7-5(9(13)14)2-4(8(11)12)3-6(7)10(15)16;1-7-3-8(5-11)10(13-2)9(4-7)6-12;1-6-2-7(4-10)9(12)8(3-6)5-11;;;;;;;;;1-5(2,3)4/h8-9H,2-7H2,1H3;2-3H,1H3;2-3H,1H3,(H,11,12)(H,13,14)(H,15,16);3-4,11-12H,5-6H2,1-2H3;2-3,10-12H,4-5H2,1H3;8*1H4;. The molecule has 104 heavy (non-hydrogen) atoms. The van der Waals surface area contributed by atoms with Crippen molar-refractivity contribution in [3.05, 3.63) is 144 Å². The van der Waals surface area contributed by atoms with Crippen LogP contribution < -0.4 is 18.9 Å². The molecule has 26 nitrogen and oxygen atoms in total. The third-order valence-electron chi connectivity index (χ3n) is 12.6. The van der Waals surface area contributed by atoms with Crippen molar-refractivity contribution < 1.29 is 111 Å². The number of aromatic carboxylic acids is 3. The lowest BCUT2D eigenvalue weighted by atomic mass is 10.0. The van der Waals surface area contributed by atoms with Crippen molar-refractivity contribution >= 4 is 201 Å². The van der Waals surface area contributed by atoms with Crippen molar-refractivity contribution in [2.24, 2.45) is 0 Å². The molecule has 0 saturated carbocycles. The molecule has 0 radical (unpaired) electrons. The van der Waals surface area contributed by atoms with Gasteiger partial charge in [0.1, 0.15) is 52.8 Å². The van der Waals surface area contributed by atoms with Gasteiger partial charge < -0.3 is 59.8 Å². The molecule has 5 aromatic carbocycles. The molecular weight excluding hydrogens is 1600 g/mol. The summed E-state index contributed by atoms with van der Waals surface area (Å²) < 4.78 is 39.9. The van der Waals surface area contributed by atoms with Crippen LogP contribution >= 0.6 is 128 Å². The third kappa shape index (κ3) is 30.4. The number of methoxy groups -OCH3 is 4. The number of halogens is 5. The lowest BCUT2D eigenvalue weighted by Crippen LogP contribution is -2.35. The number of carbonyl (C=O) groups is 9. The number of thioether (sulfide) groups is 3. The van der Waals surface area contributed by atoms with Crippen molar-refractivity contribution in [1.82, 2.24) is 14.7 Å². The van der Waals surface area contributed by atoms with E-state index >= 15 is 0 Å². The van der Waals surface area contributed by atoms with Crippen molar-refractivity contribution in [2.75, 3.05) is 65.3 Å². The van der Waals surface area contributed by atoms with E-state index in [1.54, 1.807) is 12.1 Å². The highest BCUT2D eigenvalue weighted by atomic mass is 36.0. The fourth-order valence-corrected chi connectivity index (χ4v) is 12.6. The van der Waals surface area contributed by atoms with Crippen LogP contribution in [0.15, 0.2) is 60.7 Å². The molecule has 0 aliphatic carbocycles. The largest absolute Gasteiger partial charge is 0.507 e. The van der Waals surface area contributed by atoms with Crippen LogP contribution in [-0.2, 0) is 34.7 Å². The number of hydrogen-bond acceptors (Lipinski definition) is 26. The van der Waals surface area contributed by atoms with E-state index in [0.717, 1.165) is 42.5 Å². The van der Waals surface area contributed by atoms with Crippen LogP contribution in [-0.4, -0.2) is 194 Å². The molecule has 8 rings (SSSR count). The van der Waals surface area contributed by atoms with Gasteiger partial charge in [0, 0.05) is 91.6 Å². The van der Waals surface area contributed by atoms with Crippen LogP contribution in [0.4, 0.5) is 0 Å². The fourth-order valence-electron chi connectivity index (χ4n) is 8.62. The van der Waals surface area contributed by atoms with Gasteiger partial charge in [0.05, 0.1) is 82.7 Å². The van der Waals surface area contributed by atoms with E-state index in [-0.39, 0.29) is 148 Å². The Morgan fingerprint density at radius 3 is 0.913 bits per heavy atom. The summed E-state index contributed by atoms with van der Waals surface area (Å²) in [6.45, 7) is 4.58. The number of aromatic hydroxyl groups is 1. The molecule has 0 atom stereocenters. The molecule has 582 valence electrons. The summed E-state index contributed by atoms with van der Waals surface area (Å²) in [5.41, 5.74) is 2.87. The third-order valence-corrected chi connectivity index (χ3v) is 17.6. The van der Waals surface area contributed by atoms with Gasteiger partial charge in [0.2, 0.25) is 0 Å². The lowest BCUT2D eigenvalue weighted by molar-refractivity contribution is 0.0685. The van der Waals surface area contributed by atoms with Gasteiger partial charge >= 0.3 is 26.2 Å². The molecule has 3 aliphatic heterocycles. The van der Waals surface area contributed by atoms with Crippen molar-refractivity contribution in [3.63, 3.8) is 0 Å². The smallest absolute Gasteiger partial charge is 0.339 e. The Morgan fingerprint density at radius 1 is 0.413 bits per heavy atom. The minimum absolute atomic E-state index is 0. The maximum atomic E-state index is 13.4. The zero-order valence-electron chi connectivity index (χ0n) is 50.6. The van der Waals surface area contributed by atoms with E-state index in [1.807, 2.05) is 26.0 Å². The average Bonchev–Trinajstić information content (AvgIpc) is 1.75.